The number of hydrogen-bond donors (Lipinski definition) is 1. The van der Waals surface area contributed by atoms with Gasteiger partial charge in [-0.25, -0.2) is 28.0 Å². The summed E-state index contributed by atoms with van der Waals surface area (Å²) in [6.45, 7) is -0.0473. The molecule has 136 valence electrons. The van der Waals surface area contributed by atoms with Crippen molar-refractivity contribution in [2.45, 2.75) is 6.54 Å². The predicted octanol–water partition coefficient (Wildman–Crippen LogP) is 1.60. The number of nitrogen functional groups attached to an aromatic ring is 1. The van der Waals surface area contributed by atoms with Crippen LogP contribution in [0.25, 0.3) is 16.7 Å². The fourth-order valence-electron chi connectivity index (χ4n) is 2.91. The van der Waals surface area contributed by atoms with E-state index in [0.717, 1.165) is 4.68 Å². The first-order valence-corrected chi connectivity index (χ1v) is 8.00. The van der Waals surface area contributed by atoms with Crippen LogP contribution in [0.15, 0.2) is 47.3 Å². The Kier molecular flexibility index (Phi) is 3.84. The SMILES string of the molecule is COC(=O)c1ccc2c(c1)nc(N)c1nn(Cc3ccccc3F)c(=O)n12. The zero-order chi connectivity index (χ0) is 19.1. The standard InChI is InChI=1S/C18H14FN5O3/c1-27-17(25)10-6-7-14-13(8-10)21-15(20)16-22-23(18(26)24(14)16)9-11-4-2-3-5-12(11)19/h2-8H,9H2,1H3,(H2,20,21). The van der Waals surface area contributed by atoms with E-state index in [-0.39, 0.29) is 23.6 Å². The second-order valence-electron chi connectivity index (χ2n) is 5.88. The van der Waals surface area contributed by atoms with E-state index in [4.69, 9.17) is 5.73 Å². The normalized spacial score (nSPS) is 11.2. The lowest BCUT2D eigenvalue weighted by Gasteiger charge is -2.04. The summed E-state index contributed by atoms with van der Waals surface area (Å²) in [5, 5.41) is 4.19. The molecule has 0 saturated heterocycles. The summed E-state index contributed by atoms with van der Waals surface area (Å²) in [6.07, 6.45) is 0. The minimum Gasteiger partial charge on any atom is -0.465 e. The number of rotatable bonds is 3. The minimum absolute atomic E-state index is 0.0221. The number of aromatic nitrogens is 4. The lowest BCUT2D eigenvalue weighted by molar-refractivity contribution is 0.0601. The molecule has 0 atom stereocenters. The number of anilines is 1. The molecule has 0 bridgehead atoms. The molecule has 2 aromatic heterocycles. The number of fused-ring (bicyclic) bond motifs is 3. The second-order valence-corrected chi connectivity index (χ2v) is 5.88. The van der Waals surface area contributed by atoms with Crippen molar-refractivity contribution in [3.8, 4) is 0 Å². The summed E-state index contributed by atoms with van der Waals surface area (Å²) in [4.78, 5) is 28.8. The number of methoxy groups -OCH3 is 1. The number of nitrogens with zero attached hydrogens (tertiary/aromatic N) is 4. The zero-order valence-corrected chi connectivity index (χ0v) is 14.2. The van der Waals surface area contributed by atoms with Gasteiger partial charge in [0.1, 0.15) is 5.82 Å². The number of esters is 1. The summed E-state index contributed by atoms with van der Waals surface area (Å²) in [7, 11) is 1.27. The summed E-state index contributed by atoms with van der Waals surface area (Å²) in [5.74, 6) is -0.936. The van der Waals surface area contributed by atoms with Crippen LogP contribution in [0.5, 0.6) is 0 Å². The van der Waals surface area contributed by atoms with Crippen molar-refractivity contribution < 1.29 is 13.9 Å². The maximum absolute atomic E-state index is 13.9. The van der Waals surface area contributed by atoms with Crippen LogP contribution in [-0.4, -0.2) is 32.2 Å². The third-order valence-electron chi connectivity index (χ3n) is 4.22. The van der Waals surface area contributed by atoms with Gasteiger partial charge in [0.25, 0.3) is 0 Å². The van der Waals surface area contributed by atoms with Gasteiger partial charge in [-0.1, -0.05) is 18.2 Å². The van der Waals surface area contributed by atoms with Crippen molar-refractivity contribution >= 4 is 28.5 Å². The van der Waals surface area contributed by atoms with Gasteiger partial charge >= 0.3 is 11.7 Å². The smallest absolute Gasteiger partial charge is 0.351 e. The van der Waals surface area contributed by atoms with E-state index < -0.39 is 17.5 Å². The molecule has 4 aromatic rings. The lowest BCUT2D eigenvalue weighted by Crippen LogP contribution is -2.22. The third kappa shape index (κ3) is 2.69. The van der Waals surface area contributed by atoms with Gasteiger partial charge in [0.2, 0.25) is 5.65 Å². The van der Waals surface area contributed by atoms with E-state index >= 15 is 0 Å². The predicted molar refractivity (Wildman–Crippen MR) is 96.0 cm³/mol. The van der Waals surface area contributed by atoms with Crippen molar-refractivity contribution in [3.05, 3.63) is 69.9 Å². The van der Waals surface area contributed by atoms with Gasteiger partial charge in [0, 0.05) is 5.56 Å². The van der Waals surface area contributed by atoms with Gasteiger partial charge in [-0.15, -0.1) is 5.10 Å². The topological polar surface area (TPSA) is 105 Å². The first-order chi connectivity index (χ1) is 13.0. The van der Waals surface area contributed by atoms with Crippen LogP contribution >= 0.6 is 0 Å². The molecule has 0 spiro atoms. The second kappa shape index (κ2) is 6.20. The average Bonchev–Trinajstić information content (AvgIpc) is 3.00. The third-order valence-corrected chi connectivity index (χ3v) is 4.22. The molecule has 0 aliphatic carbocycles. The maximum atomic E-state index is 13.9. The first-order valence-electron chi connectivity index (χ1n) is 8.00. The molecule has 2 heterocycles. The Hall–Kier alpha value is -3.75. The molecule has 8 nitrogen and oxygen atoms in total. The van der Waals surface area contributed by atoms with Crippen LogP contribution < -0.4 is 11.4 Å². The molecule has 0 aliphatic rings. The average molecular weight is 367 g/mol. The fourth-order valence-corrected chi connectivity index (χ4v) is 2.91. The molecule has 0 unspecified atom stereocenters. The van der Waals surface area contributed by atoms with Crippen LogP contribution in [0.4, 0.5) is 10.2 Å². The van der Waals surface area contributed by atoms with E-state index in [1.54, 1.807) is 24.3 Å². The van der Waals surface area contributed by atoms with Crippen molar-refractivity contribution in [1.82, 2.24) is 19.2 Å². The van der Waals surface area contributed by atoms with Crippen molar-refractivity contribution in [2.24, 2.45) is 0 Å². The Labute approximate surface area is 151 Å². The van der Waals surface area contributed by atoms with Gasteiger partial charge in [0.05, 0.1) is 30.3 Å². The quantitative estimate of drug-likeness (QED) is 0.552. The molecule has 0 radical (unpaired) electrons. The highest BCUT2D eigenvalue weighted by Crippen LogP contribution is 2.19. The van der Waals surface area contributed by atoms with Crippen LogP contribution in [0.1, 0.15) is 15.9 Å². The van der Waals surface area contributed by atoms with Crippen molar-refractivity contribution in [1.29, 1.82) is 0 Å². The van der Waals surface area contributed by atoms with Gasteiger partial charge in [-0.2, -0.15) is 0 Å². The Balaban J connectivity index is 1.92. The number of hydrogen-bond acceptors (Lipinski definition) is 6. The highest BCUT2D eigenvalue weighted by Gasteiger charge is 2.17. The van der Waals surface area contributed by atoms with E-state index in [1.807, 2.05) is 0 Å². The molecule has 2 aromatic carbocycles. The van der Waals surface area contributed by atoms with Crippen LogP contribution in [0.2, 0.25) is 0 Å². The number of carbonyl (C=O) groups is 1. The monoisotopic (exact) mass is 367 g/mol. The Morgan fingerprint density at radius 2 is 2.04 bits per heavy atom. The summed E-state index contributed by atoms with van der Waals surface area (Å²) in [5.41, 5.74) is 7.00. The van der Waals surface area contributed by atoms with Crippen LogP contribution in [0.3, 0.4) is 0 Å². The molecule has 0 fully saturated rings. The number of halogens is 1. The van der Waals surface area contributed by atoms with E-state index in [0.29, 0.717) is 16.6 Å². The molecule has 0 aliphatic heterocycles. The fraction of sp³-hybridized carbons (Fsp3) is 0.111. The molecular weight excluding hydrogens is 353 g/mol. The number of nitrogens with two attached hydrogens (primary N) is 1. The van der Waals surface area contributed by atoms with Gasteiger partial charge < -0.3 is 10.5 Å². The maximum Gasteiger partial charge on any atom is 0.351 e. The number of benzene rings is 2. The molecular formula is C18H14FN5O3. The highest BCUT2D eigenvalue weighted by atomic mass is 19.1. The molecule has 2 N–H and O–H groups in total. The number of ether oxygens (including phenoxy) is 1. The van der Waals surface area contributed by atoms with Gasteiger partial charge in [-0.3, -0.25) is 0 Å². The molecule has 27 heavy (non-hydrogen) atoms. The Morgan fingerprint density at radius 1 is 1.26 bits per heavy atom. The van der Waals surface area contributed by atoms with E-state index in [1.165, 1.54) is 29.7 Å². The van der Waals surface area contributed by atoms with Crippen molar-refractivity contribution in [2.75, 3.05) is 12.8 Å². The Morgan fingerprint density at radius 3 is 2.78 bits per heavy atom. The van der Waals surface area contributed by atoms with E-state index in [2.05, 4.69) is 14.8 Å². The molecule has 9 heteroatoms. The largest absolute Gasteiger partial charge is 0.465 e. The minimum atomic E-state index is -0.528. The molecule has 4 rings (SSSR count). The zero-order valence-electron chi connectivity index (χ0n) is 14.2. The lowest BCUT2D eigenvalue weighted by atomic mass is 10.2. The summed E-state index contributed by atoms with van der Waals surface area (Å²) >= 11 is 0. The molecule has 0 saturated carbocycles. The van der Waals surface area contributed by atoms with E-state index in [9.17, 15) is 14.0 Å². The van der Waals surface area contributed by atoms with Gasteiger partial charge in [0.15, 0.2) is 5.82 Å². The summed E-state index contributed by atoms with van der Waals surface area (Å²) < 4.78 is 21.0. The summed E-state index contributed by atoms with van der Waals surface area (Å²) in [6, 6.07) is 10.7. The van der Waals surface area contributed by atoms with Crippen LogP contribution in [0, 0.1) is 5.82 Å². The highest BCUT2D eigenvalue weighted by molar-refractivity contribution is 5.94. The van der Waals surface area contributed by atoms with Crippen LogP contribution in [-0.2, 0) is 11.3 Å². The molecule has 0 amide bonds. The number of carbonyl (C=O) groups excluding carboxylic acids is 1. The van der Waals surface area contributed by atoms with Crippen molar-refractivity contribution in [3.63, 3.8) is 0 Å². The first kappa shape index (κ1) is 16.7. The van der Waals surface area contributed by atoms with Gasteiger partial charge in [-0.05, 0) is 24.3 Å². The Bertz CT molecular complexity index is 1260.